The van der Waals surface area contributed by atoms with E-state index in [0.717, 1.165) is 35.7 Å². The van der Waals surface area contributed by atoms with Gasteiger partial charge in [0.15, 0.2) is 0 Å². The van der Waals surface area contributed by atoms with Crippen molar-refractivity contribution in [2.75, 3.05) is 6.54 Å². The quantitative estimate of drug-likeness (QED) is 0.818. The lowest BCUT2D eigenvalue weighted by molar-refractivity contribution is 0.292. The number of hydrogen-bond acceptors (Lipinski definition) is 3. The van der Waals surface area contributed by atoms with Gasteiger partial charge in [0.05, 0.1) is 22.9 Å². The van der Waals surface area contributed by atoms with Crippen molar-refractivity contribution in [2.45, 2.75) is 32.2 Å². The summed E-state index contributed by atoms with van der Waals surface area (Å²) in [6.45, 7) is 1.92. The van der Waals surface area contributed by atoms with E-state index in [1.54, 1.807) is 0 Å². The molecule has 1 saturated carbocycles. The number of benzene rings is 1. The first-order chi connectivity index (χ1) is 8.92. The predicted octanol–water partition coefficient (Wildman–Crippen LogP) is 2.91. The van der Waals surface area contributed by atoms with Crippen LogP contribution in [0, 0.1) is 5.92 Å². The first-order valence-corrected chi connectivity index (χ1v) is 6.83. The molecule has 3 nitrogen and oxygen atoms in total. The molecule has 0 aliphatic heterocycles. The lowest BCUT2D eigenvalue weighted by Gasteiger charge is -2.25. The van der Waals surface area contributed by atoms with E-state index in [1.807, 2.05) is 30.5 Å². The first kappa shape index (κ1) is 11.6. The molecular weight excluding hydrogens is 222 g/mol. The summed E-state index contributed by atoms with van der Waals surface area (Å²) in [4.78, 5) is 9.02. The molecule has 1 aromatic heterocycles. The first-order valence-electron chi connectivity index (χ1n) is 6.83. The van der Waals surface area contributed by atoms with E-state index >= 15 is 0 Å². The van der Waals surface area contributed by atoms with Crippen molar-refractivity contribution in [3.8, 4) is 0 Å². The molecule has 3 rings (SSSR count). The van der Waals surface area contributed by atoms with E-state index in [2.05, 4.69) is 15.3 Å². The van der Waals surface area contributed by atoms with Gasteiger partial charge in [-0.25, -0.2) is 4.98 Å². The summed E-state index contributed by atoms with van der Waals surface area (Å²) in [6.07, 6.45) is 7.47. The molecule has 2 aromatic rings. The lowest BCUT2D eigenvalue weighted by atomic mass is 9.83. The molecule has 0 radical (unpaired) electrons. The number of aromatic nitrogens is 2. The highest BCUT2D eigenvalue weighted by Gasteiger charge is 2.16. The highest BCUT2D eigenvalue weighted by Crippen LogP contribution is 2.28. The molecule has 3 heteroatoms. The zero-order valence-electron chi connectivity index (χ0n) is 10.6. The third-order valence-corrected chi connectivity index (χ3v) is 3.76. The second-order valence-electron chi connectivity index (χ2n) is 5.11. The van der Waals surface area contributed by atoms with Crippen LogP contribution in [0.25, 0.3) is 11.0 Å². The molecule has 94 valence electrons. The van der Waals surface area contributed by atoms with Gasteiger partial charge in [-0.1, -0.05) is 31.4 Å². The van der Waals surface area contributed by atoms with Crippen molar-refractivity contribution in [2.24, 2.45) is 5.92 Å². The molecule has 0 bridgehead atoms. The maximum absolute atomic E-state index is 4.60. The van der Waals surface area contributed by atoms with E-state index in [4.69, 9.17) is 0 Å². The molecule has 0 saturated heterocycles. The largest absolute Gasteiger partial charge is 0.311 e. The van der Waals surface area contributed by atoms with E-state index in [1.165, 1.54) is 25.7 Å². The van der Waals surface area contributed by atoms with Gasteiger partial charge >= 0.3 is 0 Å². The molecule has 1 fully saturated rings. The molecule has 0 atom stereocenters. The molecule has 1 N–H and O–H groups in total. The Bertz CT molecular complexity index is 520. The van der Waals surface area contributed by atoms with Crippen LogP contribution in [0.3, 0.4) is 0 Å². The number of para-hydroxylation sites is 2. The van der Waals surface area contributed by atoms with Crippen LogP contribution in [-0.4, -0.2) is 16.5 Å². The molecular formula is C15H19N3. The van der Waals surface area contributed by atoms with Crippen molar-refractivity contribution in [1.82, 2.24) is 15.3 Å². The van der Waals surface area contributed by atoms with E-state index in [9.17, 15) is 0 Å². The van der Waals surface area contributed by atoms with Crippen molar-refractivity contribution in [1.29, 1.82) is 0 Å². The van der Waals surface area contributed by atoms with Crippen molar-refractivity contribution in [3.05, 3.63) is 36.2 Å². The third-order valence-electron chi connectivity index (χ3n) is 3.76. The Kier molecular flexibility index (Phi) is 3.51. The summed E-state index contributed by atoms with van der Waals surface area (Å²) in [5, 5.41) is 3.46. The van der Waals surface area contributed by atoms with Crippen LogP contribution in [0.2, 0.25) is 0 Å². The zero-order chi connectivity index (χ0) is 12.2. The van der Waals surface area contributed by atoms with Gasteiger partial charge in [0.2, 0.25) is 0 Å². The molecule has 1 aliphatic rings. The third kappa shape index (κ3) is 2.67. The standard InChI is InChI=1S/C15H19N3/c1-2-7-15-14(6-1)17-11-13(18-15)10-16-9-8-12-4-3-5-12/h1-2,6-7,11-12,16H,3-5,8-10H2. The van der Waals surface area contributed by atoms with E-state index < -0.39 is 0 Å². The van der Waals surface area contributed by atoms with Gasteiger partial charge in [-0.3, -0.25) is 4.98 Å². The van der Waals surface area contributed by atoms with Crippen LogP contribution < -0.4 is 5.32 Å². The second-order valence-corrected chi connectivity index (χ2v) is 5.11. The number of rotatable bonds is 5. The highest BCUT2D eigenvalue weighted by atomic mass is 14.9. The molecule has 1 heterocycles. The summed E-state index contributed by atoms with van der Waals surface area (Å²) in [6, 6.07) is 8.01. The Morgan fingerprint density at radius 1 is 1.17 bits per heavy atom. The van der Waals surface area contributed by atoms with Crippen LogP contribution >= 0.6 is 0 Å². The van der Waals surface area contributed by atoms with Crippen molar-refractivity contribution in [3.63, 3.8) is 0 Å². The topological polar surface area (TPSA) is 37.8 Å². The van der Waals surface area contributed by atoms with Gasteiger partial charge in [0.1, 0.15) is 0 Å². The van der Waals surface area contributed by atoms with Gasteiger partial charge in [-0.15, -0.1) is 0 Å². The minimum atomic E-state index is 0.824. The fraction of sp³-hybridized carbons (Fsp3) is 0.467. The summed E-state index contributed by atoms with van der Waals surface area (Å²) in [5.74, 6) is 0.972. The minimum absolute atomic E-state index is 0.824. The van der Waals surface area contributed by atoms with Crippen LogP contribution in [0.5, 0.6) is 0 Å². The average Bonchev–Trinajstić information content (AvgIpc) is 2.36. The Morgan fingerprint density at radius 2 is 2.00 bits per heavy atom. The summed E-state index contributed by atoms with van der Waals surface area (Å²) in [5.41, 5.74) is 2.98. The predicted molar refractivity (Wildman–Crippen MR) is 73.2 cm³/mol. The summed E-state index contributed by atoms with van der Waals surface area (Å²) in [7, 11) is 0. The number of nitrogens with one attached hydrogen (secondary N) is 1. The van der Waals surface area contributed by atoms with Crippen LogP contribution in [-0.2, 0) is 6.54 Å². The smallest absolute Gasteiger partial charge is 0.0890 e. The monoisotopic (exact) mass is 241 g/mol. The Labute approximate surface area is 108 Å². The van der Waals surface area contributed by atoms with Crippen LogP contribution in [0.15, 0.2) is 30.5 Å². The van der Waals surface area contributed by atoms with Crippen LogP contribution in [0.1, 0.15) is 31.4 Å². The van der Waals surface area contributed by atoms with Gasteiger partial charge in [-0.2, -0.15) is 0 Å². The Hall–Kier alpha value is -1.48. The van der Waals surface area contributed by atoms with E-state index in [-0.39, 0.29) is 0 Å². The van der Waals surface area contributed by atoms with E-state index in [0.29, 0.717) is 0 Å². The van der Waals surface area contributed by atoms with Crippen molar-refractivity contribution >= 4 is 11.0 Å². The average molecular weight is 241 g/mol. The van der Waals surface area contributed by atoms with Gasteiger partial charge < -0.3 is 5.32 Å². The number of nitrogens with zero attached hydrogens (tertiary/aromatic N) is 2. The molecule has 18 heavy (non-hydrogen) atoms. The fourth-order valence-electron chi connectivity index (χ4n) is 2.38. The van der Waals surface area contributed by atoms with Gasteiger partial charge in [0, 0.05) is 6.54 Å². The molecule has 1 aliphatic carbocycles. The zero-order valence-corrected chi connectivity index (χ0v) is 10.6. The maximum atomic E-state index is 4.60. The summed E-state index contributed by atoms with van der Waals surface area (Å²) >= 11 is 0. The molecule has 0 unspecified atom stereocenters. The SMILES string of the molecule is c1ccc2nc(CNCCC3CCC3)cnc2c1. The normalized spacial score (nSPS) is 15.8. The second kappa shape index (κ2) is 5.44. The van der Waals surface area contributed by atoms with Crippen LogP contribution in [0.4, 0.5) is 0 Å². The molecule has 1 aromatic carbocycles. The van der Waals surface area contributed by atoms with Gasteiger partial charge in [0.25, 0.3) is 0 Å². The number of fused-ring (bicyclic) bond motifs is 1. The lowest BCUT2D eigenvalue weighted by Crippen LogP contribution is -2.21. The Morgan fingerprint density at radius 3 is 2.78 bits per heavy atom. The minimum Gasteiger partial charge on any atom is -0.311 e. The highest BCUT2D eigenvalue weighted by molar-refractivity contribution is 5.73. The van der Waals surface area contributed by atoms with Crippen molar-refractivity contribution < 1.29 is 0 Å². The number of hydrogen-bond donors (Lipinski definition) is 1. The summed E-state index contributed by atoms with van der Waals surface area (Å²) < 4.78 is 0. The fourth-order valence-corrected chi connectivity index (χ4v) is 2.38. The molecule has 0 amide bonds. The Balaban J connectivity index is 1.53. The maximum Gasteiger partial charge on any atom is 0.0890 e. The van der Waals surface area contributed by atoms with Gasteiger partial charge in [-0.05, 0) is 31.0 Å². The molecule has 0 spiro atoms.